The molecular formula is C20H23FN2O3. The summed E-state index contributed by atoms with van der Waals surface area (Å²) in [7, 11) is 3.64. The summed E-state index contributed by atoms with van der Waals surface area (Å²) in [5, 5.41) is 2.95. The summed E-state index contributed by atoms with van der Waals surface area (Å²) in [6.07, 6.45) is 0.850. The standard InChI is InChI=1S/C20H23FN2O3/c1-23(2)19(15-5-7-16(21)8-6-15)20(24)22-13-14-4-9-17-18(12-14)26-11-3-10-25-17/h4-9,12,19H,3,10-11,13H2,1-2H3,(H,22,24). The molecule has 1 atom stereocenters. The fraction of sp³-hybridized carbons (Fsp3) is 0.350. The van der Waals surface area contributed by atoms with E-state index in [0.717, 1.165) is 23.3 Å². The third kappa shape index (κ3) is 4.32. The molecule has 0 bridgehead atoms. The first-order chi connectivity index (χ1) is 12.5. The van der Waals surface area contributed by atoms with Crippen LogP contribution in [0.5, 0.6) is 11.5 Å². The normalized spacial score (nSPS) is 14.6. The molecule has 1 aliphatic rings. The average Bonchev–Trinajstić information content (AvgIpc) is 2.86. The summed E-state index contributed by atoms with van der Waals surface area (Å²) in [6.45, 7) is 1.64. The molecule has 5 nitrogen and oxygen atoms in total. The number of fused-ring (bicyclic) bond motifs is 1. The highest BCUT2D eigenvalue weighted by Crippen LogP contribution is 2.30. The molecule has 0 saturated heterocycles. The maximum Gasteiger partial charge on any atom is 0.242 e. The number of hydrogen-bond donors (Lipinski definition) is 1. The summed E-state index contributed by atoms with van der Waals surface area (Å²) < 4.78 is 24.4. The van der Waals surface area contributed by atoms with Crippen LogP contribution in [0.1, 0.15) is 23.6 Å². The van der Waals surface area contributed by atoms with Crippen LogP contribution in [-0.4, -0.2) is 38.1 Å². The van der Waals surface area contributed by atoms with E-state index in [2.05, 4.69) is 5.32 Å². The van der Waals surface area contributed by atoms with E-state index in [4.69, 9.17) is 9.47 Å². The van der Waals surface area contributed by atoms with E-state index in [-0.39, 0.29) is 11.7 Å². The second-order valence-electron chi connectivity index (χ2n) is 6.47. The van der Waals surface area contributed by atoms with E-state index in [1.54, 1.807) is 17.0 Å². The Balaban J connectivity index is 1.68. The Morgan fingerprint density at radius 1 is 1.12 bits per heavy atom. The smallest absolute Gasteiger partial charge is 0.242 e. The Kier molecular flexibility index (Phi) is 5.73. The maximum atomic E-state index is 13.2. The minimum absolute atomic E-state index is 0.145. The average molecular weight is 358 g/mol. The van der Waals surface area contributed by atoms with Crippen molar-refractivity contribution in [3.63, 3.8) is 0 Å². The highest BCUT2D eigenvalue weighted by atomic mass is 19.1. The molecule has 138 valence electrons. The number of amides is 1. The largest absolute Gasteiger partial charge is 0.490 e. The molecule has 0 saturated carbocycles. The van der Waals surface area contributed by atoms with Gasteiger partial charge < -0.3 is 14.8 Å². The molecule has 1 unspecified atom stereocenters. The van der Waals surface area contributed by atoms with Crippen LogP contribution < -0.4 is 14.8 Å². The summed E-state index contributed by atoms with van der Waals surface area (Å²) in [6, 6.07) is 11.2. The number of hydrogen-bond acceptors (Lipinski definition) is 4. The van der Waals surface area contributed by atoms with Gasteiger partial charge in [-0.1, -0.05) is 18.2 Å². The Labute approximate surface area is 152 Å². The van der Waals surface area contributed by atoms with Gasteiger partial charge in [0.1, 0.15) is 11.9 Å². The summed E-state index contributed by atoms with van der Waals surface area (Å²) >= 11 is 0. The van der Waals surface area contributed by atoms with Crippen LogP contribution in [0, 0.1) is 5.82 Å². The van der Waals surface area contributed by atoms with Crippen molar-refractivity contribution in [2.75, 3.05) is 27.3 Å². The Morgan fingerprint density at radius 3 is 2.50 bits per heavy atom. The van der Waals surface area contributed by atoms with Crippen LogP contribution >= 0.6 is 0 Å². The molecule has 2 aromatic rings. The quantitative estimate of drug-likeness (QED) is 0.893. The van der Waals surface area contributed by atoms with Gasteiger partial charge in [0.25, 0.3) is 0 Å². The zero-order chi connectivity index (χ0) is 18.5. The maximum absolute atomic E-state index is 13.2. The van der Waals surface area contributed by atoms with Crippen LogP contribution in [0.15, 0.2) is 42.5 Å². The number of rotatable bonds is 5. The lowest BCUT2D eigenvalue weighted by molar-refractivity contribution is -0.125. The second kappa shape index (κ2) is 8.19. The molecule has 26 heavy (non-hydrogen) atoms. The fourth-order valence-corrected chi connectivity index (χ4v) is 2.93. The highest BCUT2D eigenvalue weighted by molar-refractivity contribution is 5.83. The molecule has 1 N–H and O–H groups in total. The van der Waals surface area contributed by atoms with Crippen LogP contribution in [0.3, 0.4) is 0 Å². The van der Waals surface area contributed by atoms with E-state index in [0.29, 0.717) is 25.5 Å². The minimum Gasteiger partial charge on any atom is -0.490 e. The third-order valence-corrected chi connectivity index (χ3v) is 4.23. The lowest BCUT2D eigenvalue weighted by Gasteiger charge is -2.24. The predicted octanol–water partition coefficient (Wildman–Crippen LogP) is 2.91. The van der Waals surface area contributed by atoms with E-state index in [9.17, 15) is 9.18 Å². The fourth-order valence-electron chi connectivity index (χ4n) is 2.93. The first kappa shape index (κ1) is 18.2. The van der Waals surface area contributed by atoms with Crippen molar-refractivity contribution in [2.24, 2.45) is 0 Å². The molecule has 1 heterocycles. The molecule has 0 spiro atoms. The molecule has 3 rings (SSSR count). The van der Waals surface area contributed by atoms with Crippen LogP contribution in [0.25, 0.3) is 0 Å². The van der Waals surface area contributed by atoms with Gasteiger partial charge in [0.2, 0.25) is 5.91 Å². The zero-order valence-electron chi connectivity index (χ0n) is 15.0. The number of ether oxygens (including phenoxy) is 2. The van der Waals surface area contributed by atoms with Crippen LogP contribution in [0.4, 0.5) is 4.39 Å². The number of halogens is 1. The van der Waals surface area contributed by atoms with Crippen molar-refractivity contribution >= 4 is 5.91 Å². The van der Waals surface area contributed by atoms with Gasteiger partial charge in [0, 0.05) is 13.0 Å². The van der Waals surface area contributed by atoms with Crippen molar-refractivity contribution in [1.29, 1.82) is 0 Å². The van der Waals surface area contributed by atoms with E-state index in [1.807, 2.05) is 32.3 Å². The molecule has 1 amide bonds. The van der Waals surface area contributed by atoms with Crippen molar-refractivity contribution in [3.8, 4) is 11.5 Å². The van der Waals surface area contributed by atoms with E-state index < -0.39 is 6.04 Å². The Hall–Kier alpha value is -2.60. The first-order valence-corrected chi connectivity index (χ1v) is 8.63. The van der Waals surface area contributed by atoms with Gasteiger partial charge in [-0.2, -0.15) is 0 Å². The summed E-state index contributed by atoms with van der Waals surface area (Å²) in [5.41, 5.74) is 1.67. The molecule has 2 aromatic carbocycles. The number of carbonyl (C=O) groups excluding carboxylic acids is 1. The number of nitrogens with zero attached hydrogens (tertiary/aromatic N) is 1. The van der Waals surface area contributed by atoms with Gasteiger partial charge in [-0.25, -0.2) is 4.39 Å². The lowest BCUT2D eigenvalue weighted by atomic mass is 10.0. The second-order valence-corrected chi connectivity index (χ2v) is 6.47. The third-order valence-electron chi connectivity index (χ3n) is 4.23. The van der Waals surface area contributed by atoms with Crippen molar-refractivity contribution < 1.29 is 18.7 Å². The predicted molar refractivity (Wildman–Crippen MR) is 96.7 cm³/mol. The molecule has 6 heteroatoms. The van der Waals surface area contributed by atoms with Crippen LogP contribution in [0.2, 0.25) is 0 Å². The molecule has 0 aromatic heterocycles. The highest BCUT2D eigenvalue weighted by Gasteiger charge is 2.22. The number of nitrogens with one attached hydrogen (secondary N) is 1. The first-order valence-electron chi connectivity index (χ1n) is 8.63. The molecule has 1 aliphatic heterocycles. The Morgan fingerprint density at radius 2 is 1.81 bits per heavy atom. The SMILES string of the molecule is CN(C)C(C(=O)NCc1ccc2c(c1)OCCCO2)c1ccc(F)cc1. The van der Waals surface area contributed by atoms with Crippen LogP contribution in [-0.2, 0) is 11.3 Å². The number of likely N-dealkylation sites (N-methyl/N-ethyl adjacent to an activating group) is 1. The topological polar surface area (TPSA) is 50.8 Å². The van der Waals surface area contributed by atoms with Gasteiger partial charge in [-0.05, 0) is 49.5 Å². The molecule has 0 radical (unpaired) electrons. The zero-order valence-corrected chi connectivity index (χ0v) is 15.0. The van der Waals surface area contributed by atoms with E-state index in [1.165, 1.54) is 12.1 Å². The van der Waals surface area contributed by atoms with E-state index >= 15 is 0 Å². The minimum atomic E-state index is -0.490. The number of benzene rings is 2. The molecular weight excluding hydrogens is 335 g/mol. The summed E-state index contributed by atoms with van der Waals surface area (Å²) in [5.74, 6) is 0.972. The van der Waals surface area contributed by atoms with Crippen molar-refractivity contribution in [3.05, 3.63) is 59.4 Å². The van der Waals surface area contributed by atoms with Gasteiger partial charge in [0.05, 0.1) is 13.2 Å². The van der Waals surface area contributed by atoms with Gasteiger partial charge in [-0.15, -0.1) is 0 Å². The Bertz CT molecular complexity index is 762. The lowest BCUT2D eigenvalue weighted by Crippen LogP contribution is -2.36. The molecule has 0 fully saturated rings. The van der Waals surface area contributed by atoms with Gasteiger partial charge >= 0.3 is 0 Å². The monoisotopic (exact) mass is 358 g/mol. The van der Waals surface area contributed by atoms with Crippen molar-refractivity contribution in [2.45, 2.75) is 19.0 Å². The number of carbonyl (C=O) groups is 1. The molecule has 0 aliphatic carbocycles. The summed E-state index contributed by atoms with van der Waals surface area (Å²) in [4.78, 5) is 14.5. The van der Waals surface area contributed by atoms with Gasteiger partial charge in [0.15, 0.2) is 11.5 Å². The van der Waals surface area contributed by atoms with Crippen molar-refractivity contribution in [1.82, 2.24) is 10.2 Å². The van der Waals surface area contributed by atoms with Gasteiger partial charge in [-0.3, -0.25) is 9.69 Å².